The van der Waals surface area contributed by atoms with Gasteiger partial charge in [-0.1, -0.05) is 65.8 Å². The van der Waals surface area contributed by atoms with Crippen molar-refractivity contribution < 1.29 is 28.7 Å². The first kappa shape index (κ1) is 36.4. The molecule has 0 aromatic heterocycles. The Morgan fingerprint density at radius 3 is 2.37 bits per heavy atom. The SMILES string of the molecule is Cc1ccc(C(C)C)c(OCCNC(=O)[C@@H]2CC(=O)N[C@@H](CC(C)C)C(=O)N(C)[C@H](CC(C)C)COc3ccccc3C(=O)N2)c1. The molecule has 0 spiro atoms. The molecule has 1 aliphatic heterocycles. The van der Waals surface area contributed by atoms with Crippen LogP contribution < -0.4 is 25.4 Å². The van der Waals surface area contributed by atoms with E-state index in [9.17, 15) is 19.2 Å². The lowest BCUT2D eigenvalue weighted by Crippen LogP contribution is -2.55. The fraction of sp³-hybridized carbons (Fsp3) is 0.556. The van der Waals surface area contributed by atoms with E-state index in [1.54, 1.807) is 36.2 Å². The van der Waals surface area contributed by atoms with Crippen molar-refractivity contribution in [1.29, 1.82) is 0 Å². The summed E-state index contributed by atoms with van der Waals surface area (Å²) in [6, 6.07) is 10.5. The summed E-state index contributed by atoms with van der Waals surface area (Å²) in [4.78, 5) is 55.8. The number of rotatable bonds is 10. The summed E-state index contributed by atoms with van der Waals surface area (Å²) in [6.07, 6.45) is 0.746. The van der Waals surface area contributed by atoms with E-state index >= 15 is 0 Å². The van der Waals surface area contributed by atoms with E-state index in [1.807, 2.05) is 39.0 Å². The van der Waals surface area contributed by atoms with Crippen LogP contribution in [0.25, 0.3) is 0 Å². The number of para-hydroxylation sites is 1. The zero-order valence-electron chi connectivity index (χ0n) is 28.6. The molecule has 10 nitrogen and oxygen atoms in total. The van der Waals surface area contributed by atoms with Gasteiger partial charge in [-0.2, -0.15) is 0 Å². The molecule has 0 fully saturated rings. The average molecular weight is 637 g/mol. The number of carbonyl (C=O) groups is 4. The smallest absolute Gasteiger partial charge is 0.255 e. The Morgan fingerprint density at radius 1 is 1.00 bits per heavy atom. The molecule has 0 saturated carbocycles. The van der Waals surface area contributed by atoms with Crippen LogP contribution in [0.15, 0.2) is 42.5 Å². The number of hydrogen-bond acceptors (Lipinski definition) is 6. The number of hydrogen-bond donors (Lipinski definition) is 3. The van der Waals surface area contributed by atoms with Crippen molar-refractivity contribution in [2.24, 2.45) is 11.8 Å². The highest BCUT2D eigenvalue weighted by atomic mass is 16.5. The van der Waals surface area contributed by atoms with Crippen LogP contribution in [-0.4, -0.2) is 73.5 Å². The largest absolute Gasteiger partial charge is 0.491 e. The van der Waals surface area contributed by atoms with E-state index < -0.39 is 29.8 Å². The molecular weight excluding hydrogens is 584 g/mol. The molecule has 1 heterocycles. The van der Waals surface area contributed by atoms with Gasteiger partial charge in [0.15, 0.2) is 0 Å². The average Bonchev–Trinajstić information content (AvgIpc) is 2.99. The lowest BCUT2D eigenvalue weighted by molar-refractivity contribution is -0.138. The Labute approximate surface area is 274 Å². The number of likely N-dealkylation sites (N-methyl/N-ethyl adjacent to an activating group) is 1. The molecule has 2 aromatic carbocycles. The van der Waals surface area contributed by atoms with Crippen molar-refractivity contribution in [3.63, 3.8) is 0 Å². The maximum Gasteiger partial charge on any atom is 0.255 e. The summed E-state index contributed by atoms with van der Waals surface area (Å²) < 4.78 is 12.2. The van der Waals surface area contributed by atoms with Gasteiger partial charge in [-0.3, -0.25) is 19.2 Å². The van der Waals surface area contributed by atoms with Gasteiger partial charge in [0.25, 0.3) is 5.91 Å². The van der Waals surface area contributed by atoms with Crippen LogP contribution in [0.4, 0.5) is 0 Å². The zero-order valence-corrected chi connectivity index (χ0v) is 28.6. The molecule has 1 aliphatic rings. The van der Waals surface area contributed by atoms with Crippen LogP contribution in [-0.2, 0) is 14.4 Å². The summed E-state index contributed by atoms with van der Waals surface area (Å²) in [7, 11) is 1.72. The van der Waals surface area contributed by atoms with E-state index in [2.05, 4.69) is 43.6 Å². The normalized spacial score (nSPS) is 19.7. The van der Waals surface area contributed by atoms with Crippen molar-refractivity contribution in [1.82, 2.24) is 20.9 Å². The Balaban J connectivity index is 1.84. The number of nitrogens with one attached hydrogen (secondary N) is 3. The summed E-state index contributed by atoms with van der Waals surface area (Å²) in [5.74, 6) is -0.0474. The van der Waals surface area contributed by atoms with Crippen molar-refractivity contribution in [2.45, 2.75) is 91.8 Å². The first-order chi connectivity index (χ1) is 21.8. The molecule has 0 radical (unpaired) electrons. The third kappa shape index (κ3) is 10.5. The van der Waals surface area contributed by atoms with Gasteiger partial charge < -0.3 is 30.3 Å². The van der Waals surface area contributed by atoms with E-state index in [0.717, 1.165) is 16.9 Å². The summed E-state index contributed by atoms with van der Waals surface area (Å²) in [6.45, 7) is 14.8. The standard InChI is InChI=1S/C36H52N4O6/c1-22(2)17-26-21-46-31-12-10-9-11-28(31)34(42)39-29(20-33(41)38-30(18-23(3)4)36(44)40(26)8)35(43)37-15-16-45-32-19-25(7)13-14-27(32)24(5)6/h9-14,19,22-24,26,29-30H,15-18,20-21H2,1-8H3,(H,37,43)(H,38,41)(H,39,42)/t26-,29+,30+/m1/s1. The minimum Gasteiger partial charge on any atom is -0.491 e. The van der Waals surface area contributed by atoms with Gasteiger partial charge in [0, 0.05) is 7.05 Å². The topological polar surface area (TPSA) is 126 Å². The number of nitrogens with zero attached hydrogens (tertiary/aromatic N) is 1. The lowest BCUT2D eigenvalue weighted by atomic mass is 9.99. The quantitative estimate of drug-likeness (QED) is 0.328. The van der Waals surface area contributed by atoms with Crippen molar-refractivity contribution in [2.75, 3.05) is 26.8 Å². The van der Waals surface area contributed by atoms with Crippen LogP contribution in [0.2, 0.25) is 0 Å². The van der Waals surface area contributed by atoms with E-state index in [0.29, 0.717) is 18.6 Å². The molecule has 4 amide bonds. The summed E-state index contributed by atoms with van der Waals surface area (Å²) in [5.41, 5.74) is 2.37. The summed E-state index contributed by atoms with van der Waals surface area (Å²) in [5, 5.41) is 8.40. The van der Waals surface area contributed by atoms with Gasteiger partial charge in [-0.25, -0.2) is 0 Å². The number of aryl methyl sites for hydroxylation is 1. The fourth-order valence-corrected chi connectivity index (χ4v) is 5.55. The highest BCUT2D eigenvalue weighted by molar-refractivity contribution is 6.01. The molecule has 46 heavy (non-hydrogen) atoms. The lowest BCUT2D eigenvalue weighted by Gasteiger charge is -2.33. The van der Waals surface area contributed by atoms with Crippen LogP contribution in [0.5, 0.6) is 11.5 Å². The second-order valence-corrected chi connectivity index (χ2v) is 13.4. The van der Waals surface area contributed by atoms with Crippen LogP contribution in [0.3, 0.4) is 0 Å². The number of amides is 4. The Morgan fingerprint density at radius 2 is 1.70 bits per heavy atom. The molecule has 10 heteroatoms. The highest BCUT2D eigenvalue weighted by Crippen LogP contribution is 2.27. The Kier molecular flexibility index (Phi) is 13.5. The van der Waals surface area contributed by atoms with Gasteiger partial charge in [-0.15, -0.1) is 0 Å². The minimum atomic E-state index is -1.20. The van der Waals surface area contributed by atoms with Gasteiger partial charge >= 0.3 is 0 Å². The molecule has 0 saturated heterocycles. The van der Waals surface area contributed by atoms with E-state index in [1.165, 1.54) is 0 Å². The second-order valence-electron chi connectivity index (χ2n) is 13.4. The molecule has 2 aromatic rings. The molecule has 3 atom stereocenters. The van der Waals surface area contributed by atoms with Crippen molar-refractivity contribution in [3.8, 4) is 11.5 Å². The molecular formula is C36H52N4O6. The third-order valence-corrected chi connectivity index (χ3v) is 8.00. The van der Waals surface area contributed by atoms with Crippen molar-refractivity contribution >= 4 is 23.6 Å². The van der Waals surface area contributed by atoms with Gasteiger partial charge in [-0.05, 0) is 66.8 Å². The van der Waals surface area contributed by atoms with Gasteiger partial charge in [0.1, 0.15) is 36.8 Å². The maximum absolute atomic E-state index is 13.8. The molecule has 3 rings (SSSR count). The summed E-state index contributed by atoms with van der Waals surface area (Å²) >= 11 is 0. The number of carbonyl (C=O) groups excluding carboxylic acids is 4. The third-order valence-electron chi connectivity index (χ3n) is 8.00. The van der Waals surface area contributed by atoms with Gasteiger partial charge in [0.05, 0.1) is 24.6 Å². The Hall–Kier alpha value is -4.08. The van der Waals surface area contributed by atoms with Crippen molar-refractivity contribution in [3.05, 3.63) is 59.2 Å². The highest BCUT2D eigenvalue weighted by Gasteiger charge is 2.33. The number of ether oxygens (including phenoxy) is 2. The minimum absolute atomic E-state index is 0.122. The first-order valence-electron chi connectivity index (χ1n) is 16.4. The Bertz CT molecular complexity index is 1360. The molecule has 0 aliphatic carbocycles. The van der Waals surface area contributed by atoms with Crippen LogP contribution in [0.1, 0.15) is 88.2 Å². The predicted molar refractivity (Wildman–Crippen MR) is 179 cm³/mol. The fourth-order valence-electron chi connectivity index (χ4n) is 5.55. The second kappa shape index (κ2) is 17.0. The van der Waals surface area contributed by atoms with E-state index in [-0.39, 0.29) is 61.4 Å². The molecule has 0 bridgehead atoms. The first-order valence-corrected chi connectivity index (χ1v) is 16.4. The van der Waals surface area contributed by atoms with E-state index in [4.69, 9.17) is 9.47 Å². The molecule has 3 N–H and O–H groups in total. The zero-order chi connectivity index (χ0) is 34.0. The molecule has 0 unspecified atom stereocenters. The van der Waals surface area contributed by atoms with Crippen LogP contribution >= 0.6 is 0 Å². The number of fused-ring (bicyclic) bond motifs is 1. The number of benzene rings is 2. The van der Waals surface area contributed by atoms with Gasteiger partial charge in [0.2, 0.25) is 17.7 Å². The predicted octanol–water partition coefficient (Wildman–Crippen LogP) is 4.60. The van der Waals surface area contributed by atoms with Crippen LogP contribution in [0, 0.1) is 18.8 Å². The maximum atomic E-state index is 13.8. The molecule has 252 valence electrons. The monoisotopic (exact) mass is 636 g/mol.